The number of carbonyl (C=O) groups is 2. The lowest BCUT2D eigenvalue weighted by Gasteiger charge is -2.32. The minimum atomic E-state index is -2.11. The summed E-state index contributed by atoms with van der Waals surface area (Å²) in [5, 5.41) is 0.507. The second kappa shape index (κ2) is 5.27. The molecule has 1 aromatic carbocycles. The van der Waals surface area contributed by atoms with Gasteiger partial charge in [-0.25, -0.2) is 4.79 Å². The van der Waals surface area contributed by atoms with Gasteiger partial charge < -0.3 is 9.47 Å². The van der Waals surface area contributed by atoms with Crippen LogP contribution in [0.2, 0.25) is 19.6 Å². The van der Waals surface area contributed by atoms with Crippen LogP contribution in [0.3, 0.4) is 0 Å². The van der Waals surface area contributed by atoms with Crippen LogP contribution in [-0.2, 0) is 9.53 Å². The SMILES string of the molecule is C=C=C([C@]1(C(=O)OC)Oc2c(C)cccc2C1=O)[Si](C)(C)C. The van der Waals surface area contributed by atoms with Gasteiger partial charge in [-0.2, -0.15) is 0 Å². The molecule has 1 atom stereocenters. The number of methoxy groups -OCH3 is 1. The molecule has 0 amide bonds. The molecule has 0 saturated heterocycles. The third-order valence-electron chi connectivity index (χ3n) is 3.78. The zero-order chi connectivity index (χ0) is 16.7. The van der Waals surface area contributed by atoms with Crippen molar-refractivity contribution >= 4 is 19.8 Å². The van der Waals surface area contributed by atoms with Gasteiger partial charge in [0.1, 0.15) is 5.75 Å². The van der Waals surface area contributed by atoms with Gasteiger partial charge in [-0.15, -0.1) is 5.73 Å². The quantitative estimate of drug-likeness (QED) is 0.372. The summed E-state index contributed by atoms with van der Waals surface area (Å²) in [5.41, 5.74) is 2.23. The smallest absolute Gasteiger partial charge is 0.363 e. The van der Waals surface area contributed by atoms with Crippen molar-refractivity contribution in [2.45, 2.75) is 32.2 Å². The van der Waals surface area contributed by atoms with Crippen molar-refractivity contribution in [1.29, 1.82) is 0 Å². The molecule has 0 saturated carbocycles. The van der Waals surface area contributed by atoms with Gasteiger partial charge in [-0.1, -0.05) is 38.4 Å². The Labute approximate surface area is 131 Å². The van der Waals surface area contributed by atoms with Crippen LogP contribution in [0.25, 0.3) is 0 Å². The van der Waals surface area contributed by atoms with Crippen LogP contribution in [0, 0.1) is 6.92 Å². The van der Waals surface area contributed by atoms with E-state index in [1.54, 1.807) is 12.1 Å². The summed E-state index contributed by atoms with van der Waals surface area (Å²) in [6, 6.07) is 5.28. The Balaban J connectivity index is 2.76. The van der Waals surface area contributed by atoms with Crippen molar-refractivity contribution in [3.8, 4) is 5.75 Å². The van der Waals surface area contributed by atoms with Crippen LogP contribution in [0.15, 0.2) is 35.7 Å². The molecule has 22 heavy (non-hydrogen) atoms. The zero-order valence-electron chi connectivity index (χ0n) is 13.6. The van der Waals surface area contributed by atoms with Crippen molar-refractivity contribution in [1.82, 2.24) is 0 Å². The van der Waals surface area contributed by atoms with E-state index < -0.39 is 25.4 Å². The van der Waals surface area contributed by atoms with Gasteiger partial charge in [0.2, 0.25) is 5.78 Å². The van der Waals surface area contributed by atoms with Crippen LogP contribution in [0.5, 0.6) is 5.75 Å². The highest BCUT2D eigenvalue weighted by Crippen LogP contribution is 2.44. The van der Waals surface area contributed by atoms with Gasteiger partial charge in [-0.3, -0.25) is 4.79 Å². The molecule has 4 nitrogen and oxygen atoms in total. The maximum absolute atomic E-state index is 13.0. The number of hydrogen-bond acceptors (Lipinski definition) is 4. The van der Waals surface area contributed by atoms with Crippen molar-refractivity contribution in [3.63, 3.8) is 0 Å². The minimum absolute atomic E-state index is 0.397. The van der Waals surface area contributed by atoms with Crippen LogP contribution in [0.1, 0.15) is 15.9 Å². The summed E-state index contributed by atoms with van der Waals surface area (Å²) in [6.07, 6.45) is 0. The van der Waals surface area contributed by atoms with E-state index in [1.807, 2.05) is 32.6 Å². The zero-order valence-corrected chi connectivity index (χ0v) is 14.6. The first-order valence-electron chi connectivity index (χ1n) is 7.03. The second-order valence-electron chi connectivity index (χ2n) is 6.36. The van der Waals surface area contributed by atoms with Gasteiger partial charge in [-0.05, 0) is 18.6 Å². The van der Waals surface area contributed by atoms with Crippen molar-refractivity contribution in [2.24, 2.45) is 0 Å². The normalized spacial score (nSPS) is 20.0. The molecule has 1 aliphatic rings. The Bertz CT molecular complexity index is 708. The topological polar surface area (TPSA) is 52.6 Å². The highest BCUT2D eigenvalue weighted by Gasteiger charge is 2.60. The molecule has 2 rings (SSSR count). The maximum atomic E-state index is 13.0. The van der Waals surface area contributed by atoms with Crippen LogP contribution in [-0.4, -0.2) is 32.5 Å². The molecule has 0 fully saturated rings. The second-order valence-corrected chi connectivity index (χ2v) is 11.4. The number of para-hydroxylation sites is 1. The molecule has 1 aliphatic heterocycles. The third kappa shape index (κ3) is 2.14. The molecule has 1 aromatic rings. The lowest BCUT2D eigenvalue weighted by Crippen LogP contribution is -2.56. The monoisotopic (exact) mass is 316 g/mol. The molecule has 0 N–H and O–H groups in total. The van der Waals surface area contributed by atoms with E-state index in [0.29, 0.717) is 16.5 Å². The van der Waals surface area contributed by atoms with E-state index >= 15 is 0 Å². The number of esters is 1. The van der Waals surface area contributed by atoms with Crippen molar-refractivity contribution in [3.05, 3.63) is 46.8 Å². The molecular weight excluding hydrogens is 296 g/mol. The molecule has 0 unspecified atom stereocenters. The summed E-state index contributed by atoms with van der Waals surface area (Å²) in [7, 11) is -0.854. The maximum Gasteiger partial charge on any atom is 0.363 e. The fraction of sp³-hybridized carbons (Fsp3) is 0.353. The number of ketones is 1. The first-order valence-corrected chi connectivity index (χ1v) is 10.5. The predicted octanol–water partition coefficient (Wildman–Crippen LogP) is 3.07. The van der Waals surface area contributed by atoms with Gasteiger partial charge in [0.15, 0.2) is 0 Å². The Morgan fingerprint density at radius 2 is 2.00 bits per heavy atom. The molecule has 5 heteroatoms. The lowest BCUT2D eigenvalue weighted by molar-refractivity contribution is -0.150. The van der Waals surface area contributed by atoms with Crippen LogP contribution < -0.4 is 4.74 Å². The summed E-state index contributed by atoms with van der Waals surface area (Å²) < 4.78 is 10.8. The number of Topliss-reactive ketones (excluding diaryl/α,β-unsaturated/α-hetero) is 1. The van der Waals surface area contributed by atoms with Gasteiger partial charge in [0, 0.05) is 5.20 Å². The summed E-state index contributed by atoms with van der Waals surface area (Å²) in [6.45, 7) is 11.6. The molecule has 0 bridgehead atoms. The molecule has 0 radical (unpaired) electrons. The molecule has 1 heterocycles. The van der Waals surface area contributed by atoms with E-state index in [0.717, 1.165) is 5.56 Å². The first-order chi connectivity index (χ1) is 10.2. The highest BCUT2D eigenvalue weighted by atomic mass is 28.3. The number of carbonyl (C=O) groups excluding carboxylic acids is 2. The minimum Gasteiger partial charge on any atom is -0.465 e. The molecule has 116 valence electrons. The van der Waals surface area contributed by atoms with E-state index in [-0.39, 0.29) is 0 Å². The largest absolute Gasteiger partial charge is 0.465 e. The van der Waals surface area contributed by atoms with Crippen molar-refractivity contribution in [2.75, 3.05) is 7.11 Å². The Morgan fingerprint density at radius 1 is 1.36 bits per heavy atom. The van der Waals surface area contributed by atoms with Crippen molar-refractivity contribution < 1.29 is 19.1 Å². The average Bonchev–Trinajstić information content (AvgIpc) is 2.74. The number of rotatable bonds is 3. The van der Waals surface area contributed by atoms with E-state index in [1.165, 1.54) is 7.11 Å². The molecule has 0 aliphatic carbocycles. The fourth-order valence-corrected chi connectivity index (χ4v) is 4.67. The average molecular weight is 316 g/mol. The molecular formula is C17H20O4Si. The Kier molecular flexibility index (Phi) is 3.90. The summed E-state index contributed by atoms with van der Waals surface area (Å²) >= 11 is 0. The van der Waals surface area contributed by atoms with E-state index in [2.05, 4.69) is 12.3 Å². The Morgan fingerprint density at radius 3 is 2.45 bits per heavy atom. The van der Waals surface area contributed by atoms with E-state index in [9.17, 15) is 9.59 Å². The Hall–Kier alpha value is -2.10. The number of benzene rings is 1. The lowest BCUT2D eigenvalue weighted by atomic mass is 9.94. The van der Waals surface area contributed by atoms with Crippen LogP contribution in [0.4, 0.5) is 0 Å². The van der Waals surface area contributed by atoms with E-state index in [4.69, 9.17) is 9.47 Å². The summed E-state index contributed by atoms with van der Waals surface area (Å²) in [5.74, 6) is -0.683. The number of hydrogen-bond donors (Lipinski definition) is 0. The van der Waals surface area contributed by atoms with Crippen LogP contribution >= 0.6 is 0 Å². The first kappa shape index (κ1) is 16.3. The number of ether oxygens (including phenoxy) is 2. The standard InChI is InChI=1S/C17H20O4Si/c1-7-13(22(4,5)6)17(16(19)20-3)15(18)12-10-8-9-11(2)14(12)21-17/h8-10H,1H2,2-6H3/t17-/m0/s1. The highest BCUT2D eigenvalue weighted by molar-refractivity contribution is 6.84. The predicted molar refractivity (Wildman–Crippen MR) is 86.9 cm³/mol. The van der Waals surface area contributed by atoms with Gasteiger partial charge in [0.25, 0.3) is 5.60 Å². The number of aryl methyl sites for hydroxylation is 1. The number of fused-ring (bicyclic) bond motifs is 1. The fourth-order valence-electron chi connectivity index (χ4n) is 2.82. The molecule has 0 aromatic heterocycles. The third-order valence-corrected chi connectivity index (χ3v) is 5.81. The van der Waals surface area contributed by atoms with Gasteiger partial charge in [0.05, 0.1) is 20.7 Å². The summed E-state index contributed by atoms with van der Waals surface area (Å²) in [4.78, 5) is 25.6. The molecule has 0 spiro atoms. The van der Waals surface area contributed by atoms with Gasteiger partial charge >= 0.3 is 5.97 Å².